The van der Waals surface area contributed by atoms with Crippen molar-refractivity contribution in [2.24, 2.45) is 0 Å². The van der Waals surface area contributed by atoms with Crippen LogP contribution in [0, 0.1) is 0 Å². The second-order valence-electron chi connectivity index (χ2n) is 3.50. The summed E-state index contributed by atoms with van der Waals surface area (Å²) in [4.78, 5) is 4.14. The highest BCUT2D eigenvalue weighted by Gasteiger charge is 2.08. The Hall–Kier alpha value is -0.780. The van der Waals surface area contributed by atoms with E-state index in [4.69, 9.17) is 22.1 Å². The number of hydrogen-bond acceptors (Lipinski definition) is 3. The molecular formula is C12H9Br2ClN2O. The molecule has 3 nitrogen and oxygen atoms in total. The molecule has 1 aromatic heterocycles. The van der Waals surface area contributed by atoms with Crippen LogP contribution in [0.25, 0.3) is 0 Å². The third-order valence-corrected chi connectivity index (χ3v) is 3.81. The zero-order chi connectivity index (χ0) is 13.1. The van der Waals surface area contributed by atoms with Crippen molar-refractivity contribution in [2.45, 2.75) is 6.61 Å². The number of benzene rings is 1. The average Bonchev–Trinajstić information content (AvgIpc) is 2.33. The molecular weight excluding hydrogens is 383 g/mol. The number of nitrogen functional groups attached to an aromatic ring is 1. The van der Waals surface area contributed by atoms with Gasteiger partial charge >= 0.3 is 0 Å². The minimum Gasteiger partial charge on any atom is -0.485 e. The number of ether oxygens (including phenoxy) is 1. The predicted octanol–water partition coefficient (Wildman–Crippen LogP) is 4.42. The number of nitrogens with two attached hydrogens (primary N) is 1. The summed E-state index contributed by atoms with van der Waals surface area (Å²) < 4.78 is 7.41. The number of rotatable bonds is 3. The van der Waals surface area contributed by atoms with Gasteiger partial charge < -0.3 is 10.5 Å². The van der Waals surface area contributed by atoms with E-state index < -0.39 is 0 Å². The standard InChI is InChI=1S/C12H9Br2ClN2O/c13-7-2-1-3-8(14)12(7)18-6-10-9(15)4-5-11(16)17-10/h1-5H,6H2,(H2,16,17). The molecule has 1 aromatic carbocycles. The minimum atomic E-state index is 0.255. The van der Waals surface area contributed by atoms with Gasteiger partial charge in [-0.15, -0.1) is 0 Å². The van der Waals surface area contributed by atoms with Gasteiger partial charge in [0, 0.05) is 0 Å². The smallest absolute Gasteiger partial charge is 0.148 e. The highest BCUT2D eigenvalue weighted by Crippen LogP contribution is 2.33. The summed E-state index contributed by atoms with van der Waals surface area (Å²) in [6, 6.07) is 9.06. The number of halogens is 3. The van der Waals surface area contributed by atoms with Gasteiger partial charge in [0.25, 0.3) is 0 Å². The van der Waals surface area contributed by atoms with Gasteiger partial charge in [-0.3, -0.25) is 0 Å². The first-order chi connectivity index (χ1) is 8.58. The van der Waals surface area contributed by atoms with Crippen LogP contribution in [-0.2, 0) is 6.61 Å². The van der Waals surface area contributed by atoms with E-state index in [2.05, 4.69) is 36.8 Å². The van der Waals surface area contributed by atoms with Gasteiger partial charge in [-0.2, -0.15) is 0 Å². The van der Waals surface area contributed by atoms with Crippen LogP contribution < -0.4 is 10.5 Å². The Kier molecular flexibility index (Phi) is 4.48. The van der Waals surface area contributed by atoms with Crippen LogP contribution in [0.2, 0.25) is 5.02 Å². The summed E-state index contributed by atoms with van der Waals surface area (Å²) >= 11 is 12.9. The van der Waals surface area contributed by atoms with Crippen molar-refractivity contribution >= 4 is 49.3 Å². The fourth-order valence-electron chi connectivity index (χ4n) is 1.36. The molecule has 0 bridgehead atoms. The van der Waals surface area contributed by atoms with E-state index in [9.17, 15) is 0 Å². The lowest BCUT2D eigenvalue weighted by Gasteiger charge is -2.10. The zero-order valence-electron chi connectivity index (χ0n) is 9.16. The van der Waals surface area contributed by atoms with E-state index in [0.717, 1.165) is 8.95 Å². The van der Waals surface area contributed by atoms with Gasteiger partial charge in [0.1, 0.15) is 18.2 Å². The molecule has 1 heterocycles. The van der Waals surface area contributed by atoms with Crippen molar-refractivity contribution in [3.8, 4) is 5.75 Å². The van der Waals surface area contributed by atoms with Gasteiger partial charge in [0.05, 0.1) is 19.7 Å². The molecule has 0 saturated carbocycles. The van der Waals surface area contributed by atoms with Gasteiger partial charge in [0.2, 0.25) is 0 Å². The molecule has 2 N–H and O–H groups in total. The van der Waals surface area contributed by atoms with Crippen LogP contribution in [0.4, 0.5) is 5.82 Å². The summed E-state index contributed by atoms with van der Waals surface area (Å²) in [5, 5.41) is 0.535. The lowest BCUT2D eigenvalue weighted by molar-refractivity contribution is 0.298. The lowest BCUT2D eigenvalue weighted by atomic mass is 10.3. The number of para-hydroxylation sites is 1. The number of pyridine rings is 1. The summed E-state index contributed by atoms with van der Waals surface area (Å²) in [5.41, 5.74) is 6.22. The van der Waals surface area contributed by atoms with Gasteiger partial charge in [-0.05, 0) is 56.1 Å². The van der Waals surface area contributed by atoms with E-state index in [1.165, 1.54) is 0 Å². The quantitative estimate of drug-likeness (QED) is 0.841. The average molecular weight is 392 g/mol. The Labute approximate surface area is 127 Å². The second kappa shape index (κ2) is 5.91. The number of anilines is 1. The molecule has 0 aliphatic carbocycles. The normalized spacial score (nSPS) is 10.4. The Morgan fingerprint density at radius 2 is 1.83 bits per heavy atom. The maximum Gasteiger partial charge on any atom is 0.148 e. The molecule has 0 amide bonds. The van der Waals surface area contributed by atoms with Gasteiger partial charge in [0.15, 0.2) is 0 Å². The number of aromatic nitrogens is 1. The van der Waals surface area contributed by atoms with Crippen LogP contribution in [0.5, 0.6) is 5.75 Å². The maximum absolute atomic E-state index is 6.02. The van der Waals surface area contributed by atoms with Crippen LogP contribution >= 0.6 is 43.5 Å². The minimum absolute atomic E-state index is 0.255. The molecule has 2 rings (SSSR count). The summed E-state index contributed by atoms with van der Waals surface area (Å²) in [6.07, 6.45) is 0. The van der Waals surface area contributed by atoms with Crippen molar-refractivity contribution in [3.63, 3.8) is 0 Å². The Balaban J connectivity index is 2.19. The van der Waals surface area contributed by atoms with E-state index in [0.29, 0.717) is 22.3 Å². The second-order valence-corrected chi connectivity index (χ2v) is 5.62. The molecule has 0 aliphatic heterocycles. The van der Waals surface area contributed by atoms with Crippen molar-refractivity contribution in [3.05, 3.63) is 50.0 Å². The molecule has 0 radical (unpaired) electrons. The molecule has 2 aromatic rings. The van der Waals surface area contributed by atoms with Crippen LogP contribution in [0.3, 0.4) is 0 Å². The van der Waals surface area contributed by atoms with Crippen molar-refractivity contribution in [2.75, 3.05) is 5.73 Å². The fourth-order valence-corrected chi connectivity index (χ4v) is 2.75. The largest absolute Gasteiger partial charge is 0.485 e. The molecule has 0 unspecified atom stereocenters. The van der Waals surface area contributed by atoms with Crippen LogP contribution in [0.1, 0.15) is 5.69 Å². The fraction of sp³-hybridized carbons (Fsp3) is 0.0833. The molecule has 0 atom stereocenters. The summed E-state index contributed by atoms with van der Waals surface area (Å²) in [6.45, 7) is 0.255. The first-order valence-electron chi connectivity index (χ1n) is 5.05. The number of nitrogens with zero attached hydrogens (tertiary/aromatic N) is 1. The number of hydrogen-bond donors (Lipinski definition) is 1. The first-order valence-corrected chi connectivity index (χ1v) is 7.02. The van der Waals surface area contributed by atoms with E-state index >= 15 is 0 Å². The third kappa shape index (κ3) is 3.16. The zero-order valence-corrected chi connectivity index (χ0v) is 13.1. The van der Waals surface area contributed by atoms with Crippen LogP contribution in [0.15, 0.2) is 39.3 Å². The summed E-state index contributed by atoms with van der Waals surface area (Å²) in [5.74, 6) is 1.13. The molecule has 0 fully saturated rings. The Morgan fingerprint density at radius 1 is 1.17 bits per heavy atom. The lowest BCUT2D eigenvalue weighted by Crippen LogP contribution is -2.02. The first kappa shape index (κ1) is 13.6. The molecule has 0 aliphatic rings. The molecule has 94 valence electrons. The van der Waals surface area contributed by atoms with Gasteiger partial charge in [-0.1, -0.05) is 17.7 Å². The van der Waals surface area contributed by atoms with Gasteiger partial charge in [-0.25, -0.2) is 4.98 Å². The highest BCUT2D eigenvalue weighted by atomic mass is 79.9. The summed E-state index contributed by atoms with van der Waals surface area (Å²) in [7, 11) is 0. The third-order valence-electron chi connectivity index (χ3n) is 2.21. The SMILES string of the molecule is Nc1ccc(Cl)c(COc2c(Br)cccc2Br)n1. The van der Waals surface area contributed by atoms with Crippen molar-refractivity contribution in [1.29, 1.82) is 0 Å². The van der Waals surface area contributed by atoms with Crippen LogP contribution in [-0.4, -0.2) is 4.98 Å². The monoisotopic (exact) mass is 390 g/mol. The van der Waals surface area contributed by atoms with Crippen molar-refractivity contribution < 1.29 is 4.74 Å². The maximum atomic E-state index is 6.02. The molecule has 0 spiro atoms. The highest BCUT2D eigenvalue weighted by molar-refractivity contribution is 9.11. The topological polar surface area (TPSA) is 48.1 Å². The van der Waals surface area contributed by atoms with E-state index in [1.807, 2.05) is 18.2 Å². The van der Waals surface area contributed by atoms with Crippen molar-refractivity contribution in [1.82, 2.24) is 4.98 Å². The Morgan fingerprint density at radius 3 is 2.50 bits per heavy atom. The van der Waals surface area contributed by atoms with E-state index in [1.54, 1.807) is 12.1 Å². The molecule has 6 heteroatoms. The van der Waals surface area contributed by atoms with E-state index in [-0.39, 0.29) is 6.61 Å². The predicted molar refractivity (Wildman–Crippen MR) is 79.8 cm³/mol. The molecule has 18 heavy (non-hydrogen) atoms. The Bertz CT molecular complexity index is 558. The molecule has 0 saturated heterocycles.